The summed E-state index contributed by atoms with van der Waals surface area (Å²) in [5.41, 5.74) is 4.14. The smallest absolute Gasteiger partial charge is 0.227 e. The molecule has 0 atom stereocenters. The van der Waals surface area contributed by atoms with Crippen LogP contribution in [-0.4, -0.2) is 34.4 Å². The van der Waals surface area contributed by atoms with Crippen LogP contribution in [0.25, 0.3) is 22.5 Å². The molecule has 2 N–H and O–H groups in total. The fourth-order valence-corrected chi connectivity index (χ4v) is 2.87. The van der Waals surface area contributed by atoms with Crippen molar-refractivity contribution in [3.05, 3.63) is 67.0 Å². The van der Waals surface area contributed by atoms with E-state index in [4.69, 9.17) is 9.47 Å². The molecule has 0 saturated heterocycles. The Bertz CT molecular complexity index is 1060. The summed E-state index contributed by atoms with van der Waals surface area (Å²) < 4.78 is 10.7. The Hall–Kier alpha value is -3.87. The van der Waals surface area contributed by atoms with Crippen molar-refractivity contribution in [3.8, 4) is 34.0 Å². The lowest BCUT2D eigenvalue weighted by Gasteiger charge is -2.09. The first-order chi connectivity index (χ1) is 13.8. The molecule has 7 nitrogen and oxygen atoms in total. The Balaban J connectivity index is 1.71. The highest BCUT2D eigenvalue weighted by Gasteiger charge is 2.15. The van der Waals surface area contributed by atoms with E-state index in [0.29, 0.717) is 17.4 Å². The molecule has 2 aromatic heterocycles. The summed E-state index contributed by atoms with van der Waals surface area (Å²) in [6.45, 7) is 0. The van der Waals surface area contributed by atoms with Crippen LogP contribution in [0.5, 0.6) is 11.5 Å². The minimum Gasteiger partial charge on any atom is -0.497 e. The average Bonchev–Trinajstić information content (AvgIpc) is 3.24. The first-order valence-electron chi connectivity index (χ1n) is 8.69. The summed E-state index contributed by atoms with van der Waals surface area (Å²) in [7, 11) is 3.24. The molecular weight excluding hydrogens is 354 g/mol. The lowest BCUT2D eigenvalue weighted by molar-refractivity contribution is 0.394. The number of aromatic nitrogens is 4. The minimum atomic E-state index is 0.513. The van der Waals surface area contributed by atoms with Gasteiger partial charge in [0.05, 0.1) is 19.9 Å². The molecule has 140 valence electrons. The van der Waals surface area contributed by atoms with E-state index in [9.17, 15) is 0 Å². The maximum atomic E-state index is 5.37. The zero-order chi connectivity index (χ0) is 19.3. The normalized spacial score (nSPS) is 10.5. The summed E-state index contributed by atoms with van der Waals surface area (Å²) in [5.74, 6) is 1.90. The van der Waals surface area contributed by atoms with Crippen LogP contribution in [0.15, 0.2) is 67.0 Å². The number of nitrogens with one attached hydrogen (secondary N) is 2. The van der Waals surface area contributed by atoms with Crippen molar-refractivity contribution < 1.29 is 9.47 Å². The number of hydrogen-bond acceptors (Lipinski definition) is 6. The maximum absolute atomic E-state index is 5.37. The molecule has 4 aromatic rings. The second-order valence-electron chi connectivity index (χ2n) is 6.01. The molecule has 0 radical (unpaired) electrons. The van der Waals surface area contributed by atoms with Gasteiger partial charge in [-0.15, -0.1) is 0 Å². The van der Waals surface area contributed by atoms with E-state index < -0.39 is 0 Å². The van der Waals surface area contributed by atoms with Crippen molar-refractivity contribution in [2.45, 2.75) is 0 Å². The summed E-state index contributed by atoms with van der Waals surface area (Å²) in [4.78, 5) is 8.95. The van der Waals surface area contributed by atoms with Crippen molar-refractivity contribution in [3.63, 3.8) is 0 Å². The standard InChI is InChI=1S/C21H19N5O2/c1-27-16-10-14(11-17(12-16)28-2)20-18(13-23-26-20)19-8-9-22-21(25-19)24-15-6-4-3-5-7-15/h3-13H,1-2H3,(H,23,26)(H,22,24,25). The predicted octanol–water partition coefficient (Wildman–Crippen LogP) is 4.29. The number of H-pyrrole nitrogens is 1. The molecule has 0 amide bonds. The van der Waals surface area contributed by atoms with E-state index in [-0.39, 0.29) is 0 Å². The van der Waals surface area contributed by atoms with E-state index in [2.05, 4.69) is 25.5 Å². The summed E-state index contributed by atoms with van der Waals surface area (Å²) in [5, 5.41) is 10.5. The lowest BCUT2D eigenvalue weighted by atomic mass is 10.1. The molecular formula is C21H19N5O2. The highest BCUT2D eigenvalue weighted by atomic mass is 16.5. The molecule has 0 unspecified atom stereocenters. The van der Waals surface area contributed by atoms with Gasteiger partial charge in [0.25, 0.3) is 0 Å². The molecule has 2 aromatic carbocycles. The minimum absolute atomic E-state index is 0.513. The fraction of sp³-hybridized carbons (Fsp3) is 0.0952. The molecule has 2 heterocycles. The Morgan fingerprint density at radius 2 is 1.68 bits per heavy atom. The van der Waals surface area contributed by atoms with Crippen LogP contribution in [0, 0.1) is 0 Å². The second kappa shape index (κ2) is 7.79. The van der Waals surface area contributed by atoms with Crippen molar-refractivity contribution in [1.29, 1.82) is 0 Å². The van der Waals surface area contributed by atoms with Gasteiger partial charge in [0.1, 0.15) is 17.2 Å². The molecule has 4 rings (SSSR count). The predicted molar refractivity (Wildman–Crippen MR) is 108 cm³/mol. The van der Waals surface area contributed by atoms with Crippen LogP contribution >= 0.6 is 0 Å². The fourth-order valence-electron chi connectivity index (χ4n) is 2.87. The van der Waals surface area contributed by atoms with Gasteiger partial charge in [0.15, 0.2) is 0 Å². The summed E-state index contributed by atoms with van der Waals surface area (Å²) >= 11 is 0. The van der Waals surface area contributed by atoms with Crippen LogP contribution in [-0.2, 0) is 0 Å². The number of nitrogens with zero attached hydrogens (tertiary/aromatic N) is 3. The first-order valence-corrected chi connectivity index (χ1v) is 8.69. The van der Waals surface area contributed by atoms with Gasteiger partial charge >= 0.3 is 0 Å². The Kier molecular flexibility index (Phi) is 4.88. The number of aromatic amines is 1. The van der Waals surface area contributed by atoms with Crippen molar-refractivity contribution in [2.75, 3.05) is 19.5 Å². The zero-order valence-electron chi connectivity index (χ0n) is 15.5. The number of ether oxygens (including phenoxy) is 2. The molecule has 0 fully saturated rings. The van der Waals surface area contributed by atoms with Crippen LogP contribution in [0.2, 0.25) is 0 Å². The van der Waals surface area contributed by atoms with Gasteiger partial charge in [-0.1, -0.05) is 18.2 Å². The second-order valence-corrected chi connectivity index (χ2v) is 6.01. The molecule has 28 heavy (non-hydrogen) atoms. The third kappa shape index (κ3) is 3.64. The third-order valence-electron chi connectivity index (χ3n) is 4.23. The molecule has 0 spiro atoms. The third-order valence-corrected chi connectivity index (χ3v) is 4.23. The van der Waals surface area contributed by atoms with E-state index >= 15 is 0 Å². The molecule has 0 saturated carbocycles. The molecule has 7 heteroatoms. The number of benzene rings is 2. The van der Waals surface area contributed by atoms with Crippen LogP contribution < -0.4 is 14.8 Å². The first kappa shape index (κ1) is 17.5. The SMILES string of the molecule is COc1cc(OC)cc(-c2n[nH]cc2-c2ccnc(Nc3ccccc3)n2)c1. The van der Waals surface area contributed by atoms with Gasteiger partial charge in [-0.3, -0.25) is 5.10 Å². The van der Waals surface area contributed by atoms with Gasteiger partial charge in [-0.2, -0.15) is 5.10 Å². The van der Waals surface area contributed by atoms with Crippen LogP contribution in [0.1, 0.15) is 0 Å². The Morgan fingerprint density at radius 1 is 0.929 bits per heavy atom. The number of para-hydroxylation sites is 1. The van der Waals surface area contributed by atoms with E-state index in [1.165, 1.54) is 0 Å². The number of hydrogen-bond donors (Lipinski definition) is 2. The zero-order valence-corrected chi connectivity index (χ0v) is 15.5. The van der Waals surface area contributed by atoms with E-state index in [0.717, 1.165) is 28.2 Å². The number of anilines is 2. The van der Waals surface area contributed by atoms with Gasteiger partial charge in [0, 0.05) is 35.3 Å². The van der Waals surface area contributed by atoms with Gasteiger partial charge in [0.2, 0.25) is 5.95 Å². The lowest BCUT2D eigenvalue weighted by Crippen LogP contribution is -1.98. The quantitative estimate of drug-likeness (QED) is 0.524. The van der Waals surface area contributed by atoms with Gasteiger partial charge in [-0.25, -0.2) is 9.97 Å². The van der Waals surface area contributed by atoms with Crippen LogP contribution in [0.4, 0.5) is 11.6 Å². The highest BCUT2D eigenvalue weighted by Crippen LogP contribution is 2.34. The van der Waals surface area contributed by atoms with Crippen molar-refractivity contribution in [1.82, 2.24) is 20.2 Å². The molecule has 0 bridgehead atoms. The van der Waals surface area contributed by atoms with Crippen LogP contribution in [0.3, 0.4) is 0 Å². The maximum Gasteiger partial charge on any atom is 0.227 e. The molecule has 0 aliphatic carbocycles. The largest absolute Gasteiger partial charge is 0.497 e. The Labute approximate surface area is 162 Å². The highest BCUT2D eigenvalue weighted by molar-refractivity contribution is 5.80. The topological polar surface area (TPSA) is 85.0 Å². The van der Waals surface area contributed by atoms with Crippen molar-refractivity contribution in [2.24, 2.45) is 0 Å². The Morgan fingerprint density at radius 3 is 2.39 bits per heavy atom. The summed E-state index contributed by atoms with van der Waals surface area (Å²) in [6, 6.07) is 17.3. The molecule has 0 aliphatic rings. The number of rotatable bonds is 6. The van der Waals surface area contributed by atoms with E-state index in [1.807, 2.05) is 60.8 Å². The van der Waals surface area contributed by atoms with Gasteiger partial charge in [-0.05, 0) is 30.3 Å². The average molecular weight is 373 g/mol. The monoisotopic (exact) mass is 373 g/mol. The van der Waals surface area contributed by atoms with Crippen molar-refractivity contribution >= 4 is 11.6 Å². The van der Waals surface area contributed by atoms with Gasteiger partial charge < -0.3 is 14.8 Å². The van der Waals surface area contributed by atoms with E-state index in [1.54, 1.807) is 20.4 Å². The molecule has 0 aliphatic heterocycles. The number of methoxy groups -OCH3 is 2. The summed E-state index contributed by atoms with van der Waals surface area (Å²) in [6.07, 6.45) is 3.53.